The molecular formula is C18H22N3O2+. The lowest BCUT2D eigenvalue weighted by atomic mass is 10.1. The second kappa shape index (κ2) is 8.70. The van der Waals surface area contributed by atoms with E-state index in [4.69, 9.17) is 0 Å². The Morgan fingerprint density at radius 1 is 1.00 bits per heavy atom. The number of imide groups is 1. The van der Waals surface area contributed by atoms with Crippen LogP contribution in [-0.2, 0) is 11.2 Å². The first kappa shape index (κ1) is 16.7. The van der Waals surface area contributed by atoms with Gasteiger partial charge in [-0.3, -0.25) is 10.1 Å². The van der Waals surface area contributed by atoms with Gasteiger partial charge in [-0.25, -0.2) is 4.79 Å². The van der Waals surface area contributed by atoms with Crippen LogP contribution < -0.4 is 16.0 Å². The number of rotatable bonds is 6. The van der Waals surface area contributed by atoms with Crippen LogP contribution in [0.1, 0.15) is 17.2 Å². The van der Waals surface area contributed by atoms with Gasteiger partial charge in [0.05, 0.1) is 6.54 Å². The summed E-state index contributed by atoms with van der Waals surface area (Å²) in [6.45, 7) is 0.755. The fraction of sp³-hybridized carbons (Fsp3) is 0.222. The number of hydrogen-bond acceptors (Lipinski definition) is 2. The molecule has 0 aliphatic carbocycles. The number of benzene rings is 2. The number of carbonyl (C=O) groups is 2. The summed E-state index contributed by atoms with van der Waals surface area (Å²) < 4.78 is 0. The van der Waals surface area contributed by atoms with Crippen LogP contribution in [0.2, 0.25) is 0 Å². The molecule has 2 rings (SSSR count). The van der Waals surface area contributed by atoms with Gasteiger partial charge in [-0.15, -0.1) is 0 Å². The molecule has 0 saturated carbocycles. The highest BCUT2D eigenvalue weighted by Gasteiger charge is 2.25. The van der Waals surface area contributed by atoms with Crippen molar-refractivity contribution >= 4 is 11.9 Å². The molecule has 0 fully saturated rings. The summed E-state index contributed by atoms with van der Waals surface area (Å²) in [5.74, 6) is -0.316. The highest BCUT2D eigenvalue weighted by Crippen LogP contribution is 2.08. The lowest BCUT2D eigenvalue weighted by Crippen LogP contribution is -2.88. The first-order chi connectivity index (χ1) is 11.2. The number of nitrogens with two attached hydrogens (primary N) is 1. The highest BCUT2D eigenvalue weighted by molar-refractivity contribution is 5.96. The maximum atomic E-state index is 12.4. The van der Waals surface area contributed by atoms with Crippen LogP contribution in [0, 0.1) is 0 Å². The average Bonchev–Trinajstić information content (AvgIpc) is 2.60. The number of urea groups is 1. The molecule has 4 N–H and O–H groups in total. The molecule has 3 amide bonds. The Balaban J connectivity index is 2.01. The van der Waals surface area contributed by atoms with Crippen molar-refractivity contribution in [1.82, 2.24) is 10.6 Å². The van der Waals surface area contributed by atoms with Gasteiger partial charge in [0, 0.05) is 19.0 Å². The van der Waals surface area contributed by atoms with E-state index in [1.54, 1.807) is 0 Å². The molecule has 0 saturated heterocycles. The molecule has 2 aromatic carbocycles. The fourth-order valence-electron chi connectivity index (χ4n) is 2.37. The second-order valence-corrected chi connectivity index (χ2v) is 5.22. The lowest BCUT2D eigenvalue weighted by Gasteiger charge is -2.15. The fourth-order valence-corrected chi connectivity index (χ4v) is 2.37. The summed E-state index contributed by atoms with van der Waals surface area (Å²) in [4.78, 5) is 23.7. The van der Waals surface area contributed by atoms with E-state index in [9.17, 15) is 9.59 Å². The number of nitrogens with one attached hydrogen (secondary N) is 2. The zero-order valence-electron chi connectivity index (χ0n) is 13.2. The van der Waals surface area contributed by atoms with E-state index in [1.807, 2.05) is 53.8 Å². The number of hydrogen-bond donors (Lipinski definition) is 3. The van der Waals surface area contributed by atoms with Crippen LogP contribution in [0.25, 0.3) is 0 Å². The molecular weight excluding hydrogens is 290 g/mol. The van der Waals surface area contributed by atoms with Crippen LogP contribution in [0.4, 0.5) is 4.79 Å². The molecule has 5 heteroatoms. The number of amides is 3. The molecule has 120 valence electrons. The van der Waals surface area contributed by atoms with Crippen molar-refractivity contribution in [2.75, 3.05) is 13.6 Å². The summed E-state index contributed by atoms with van der Waals surface area (Å²) in [6, 6.07) is 18.7. The quantitative estimate of drug-likeness (QED) is 0.744. The molecule has 0 bridgehead atoms. The van der Waals surface area contributed by atoms with Gasteiger partial charge in [0.25, 0.3) is 5.91 Å². The van der Waals surface area contributed by atoms with Gasteiger partial charge >= 0.3 is 6.03 Å². The Bertz CT molecular complexity index is 629. The highest BCUT2D eigenvalue weighted by atomic mass is 16.2. The topological polar surface area (TPSA) is 74.8 Å². The van der Waals surface area contributed by atoms with Crippen LogP contribution in [0.3, 0.4) is 0 Å². The first-order valence-corrected chi connectivity index (χ1v) is 7.65. The Labute approximate surface area is 136 Å². The van der Waals surface area contributed by atoms with Crippen molar-refractivity contribution in [3.8, 4) is 0 Å². The van der Waals surface area contributed by atoms with E-state index in [0.29, 0.717) is 0 Å². The van der Waals surface area contributed by atoms with Crippen molar-refractivity contribution in [1.29, 1.82) is 0 Å². The Hall–Kier alpha value is -2.66. The maximum Gasteiger partial charge on any atom is 0.321 e. The molecule has 23 heavy (non-hydrogen) atoms. The van der Waals surface area contributed by atoms with E-state index in [0.717, 1.165) is 18.5 Å². The van der Waals surface area contributed by atoms with E-state index in [1.165, 1.54) is 12.6 Å². The molecule has 0 aliphatic rings. The summed E-state index contributed by atoms with van der Waals surface area (Å²) in [5.41, 5.74) is 2.10. The molecule has 1 atom stereocenters. The largest absolute Gasteiger partial charge is 0.341 e. The smallest absolute Gasteiger partial charge is 0.321 e. The molecule has 2 aromatic rings. The van der Waals surface area contributed by atoms with Gasteiger partial charge in [-0.1, -0.05) is 60.7 Å². The molecule has 5 nitrogen and oxygen atoms in total. The predicted molar refractivity (Wildman–Crippen MR) is 88.7 cm³/mol. The average molecular weight is 312 g/mol. The minimum atomic E-state index is -0.493. The molecule has 0 spiro atoms. The summed E-state index contributed by atoms with van der Waals surface area (Å²) in [7, 11) is 1.49. The van der Waals surface area contributed by atoms with Gasteiger partial charge in [0.1, 0.15) is 0 Å². The van der Waals surface area contributed by atoms with Gasteiger partial charge in [-0.2, -0.15) is 0 Å². The van der Waals surface area contributed by atoms with Crippen molar-refractivity contribution < 1.29 is 14.9 Å². The maximum absolute atomic E-state index is 12.4. The monoisotopic (exact) mass is 312 g/mol. The van der Waals surface area contributed by atoms with Crippen molar-refractivity contribution in [2.24, 2.45) is 0 Å². The normalized spacial score (nSPS) is 11.5. The summed E-state index contributed by atoms with van der Waals surface area (Å²) in [6.07, 6.45) is 0.859. The standard InChI is InChI=1S/C18H21N3O2/c1-19-18(23)21-17(22)16(15-10-6-3-7-11-15)20-13-12-14-8-4-2-5-9-14/h2-11,16,20H,12-13H2,1H3,(H2,19,21,22,23)/p+1/t16-/m1/s1. The van der Waals surface area contributed by atoms with Gasteiger partial charge in [-0.05, 0) is 5.56 Å². The third-order valence-corrected chi connectivity index (χ3v) is 3.58. The lowest BCUT2D eigenvalue weighted by molar-refractivity contribution is -0.682. The van der Waals surface area contributed by atoms with Crippen molar-refractivity contribution in [3.05, 3.63) is 71.8 Å². The molecule has 0 aliphatic heterocycles. The molecule has 0 unspecified atom stereocenters. The second-order valence-electron chi connectivity index (χ2n) is 5.22. The van der Waals surface area contributed by atoms with Gasteiger partial charge in [0.2, 0.25) is 0 Å². The van der Waals surface area contributed by atoms with E-state index >= 15 is 0 Å². The Kier molecular flexibility index (Phi) is 6.32. The van der Waals surface area contributed by atoms with E-state index < -0.39 is 12.1 Å². The molecule has 0 radical (unpaired) electrons. The van der Waals surface area contributed by atoms with Gasteiger partial charge < -0.3 is 10.6 Å². The first-order valence-electron chi connectivity index (χ1n) is 7.65. The van der Waals surface area contributed by atoms with Crippen LogP contribution in [-0.4, -0.2) is 25.5 Å². The predicted octanol–water partition coefficient (Wildman–Crippen LogP) is 0.989. The van der Waals surface area contributed by atoms with Crippen molar-refractivity contribution in [3.63, 3.8) is 0 Å². The summed E-state index contributed by atoms with van der Waals surface area (Å²) in [5, 5.41) is 6.71. The zero-order chi connectivity index (χ0) is 16.5. The Morgan fingerprint density at radius 3 is 2.22 bits per heavy atom. The minimum Gasteiger partial charge on any atom is -0.341 e. The van der Waals surface area contributed by atoms with Crippen LogP contribution in [0.5, 0.6) is 0 Å². The van der Waals surface area contributed by atoms with E-state index in [-0.39, 0.29) is 5.91 Å². The zero-order valence-corrected chi connectivity index (χ0v) is 13.2. The van der Waals surface area contributed by atoms with E-state index in [2.05, 4.69) is 22.8 Å². The number of carbonyl (C=O) groups excluding carboxylic acids is 2. The molecule has 0 heterocycles. The van der Waals surface area contributed by atoms with Gasteiger partial charge in [0.15, 0.2) is 6.04 Å². The SMILES string of the molecule is CNC(=O)NC(=O)[C@H]([NH2+]CCc1ccccc1)c1ccccc1. The van der Waals surface area contributed by atoms with Crippen molar-refractivity contribution in [2.45, 2.75) is 12.5 Å². The number of quaternary nitrogens is 1. The third kappa shape index (κ3) is 5.23. The Morgan fingerprint density at radius 2 is 1.61 bits per heavy atom. The van der Waals surface area contributed by atoms with Crippen LogP contribution in [0.15, 0.2) is 60.7 Å². The van der Waals surface area contributed by atoms with Crippen LogP contribution >= 0.6 is 0 Å². The molecule has 0 aromatic heterocycles. The minimum absolute atomic E-state index is 0.316. The third-order valence-electron chi connectivity index (χ3n) is 3.58. The summed E-state index contributed by atoms with van der Waals surface area (Å²) >= 11 is 0.